The van der Waals surface area contributed by atoms with Crippen molar-refractivity contribution in [3.8, 4) is 11.1 Å². The van der Waals surface area contributed by atoms with Crippen LogP contribution in [0.15, 0.2) is 60.8 Å². The maximum Gasteiger partial charge on any atom is 0.407 e. The summed E-state index contributed by atoms with van der Waals surface area (Å²) < 4.78 is 9.46. The van der Waals surface area contributed by atoms with Gasteiger partial charge in [0.05, 0.1) is 12.5 Å². The summed E-state index contributed by atoms with van der Waals surface area (Å²) in [5.41, 5.74) is 4.56. The highest BCUT2D eigenvalue weighted by molar-refractivity contribution is 7.05. The number of amides is 1. The van der Waals surface area contributed by atoms with Crippen molar-refractivity contribution in [3.05, 3.63) is 76.8 Å². The van der Waals surface area contributed by atoms with Crippen LogP contribution in [0.25, 0.3) is 11.1 Å². The number of hydrogen-bond acceptors (Lipinski definition) is 5. The molecule has 142 valence electrons. The van der Waals surface area contributed by atoms with Gasteiger partial charge in [-0.2, -0.15) is 0 Å². The molecule has 1 aliphatic rings. The van der Waals surface area contributed by atoms with Crippen molar-refractivity contribution in [2.24, 2.45) is 0 Å². The fourth-order valence-electron chi connectivity index (χ4n) is 3.59. The maximum atomic E-state index is 12.4. The van der Waals surface area contributed by atoms with Crippen LogP contribution in [0.5, 0.6) is 0 Å². The van der Waals surface area contributed by atoms with Gasteiger partial charge in [0.25, 0.3) is 0 Å². The molecular formula is C21H18N2O4S. The van der Waals surface area contributed by atoms with Crippen LogP contribution in [-0.4, -0.2) is 28.1 Å². The van der Waals surface area contributed by atoms with Gasteiger partial charge in [-0.15, -0.1) is 0 Å². The highest BCUT2D eigenvalue weighted by Crippen LogP contribution is 2.44. The van der Waals surface area contributed by atoms with E-state index in [1.54, 1.807) is 12.3 Å². The smallest absolute Gasteiger partial charge is 0.407 e. The van der Waals surface area contributed by atoms with Crippen LogP contribution >= 0.6 is 11.5 Å². The minimum Gasteiger partial charge on any atom is -0.481 e. The predicted molar refractivity (Wildman–Crippen MR) is 105 cm³/mol. The van der Waals surface area contributed by atoms with E-state index in [-0.39, 0.29) is 18.9 Å². The standard InChI is InChI=1S/C21H18N2O4S/c24-20(25)11-18(19-9-10-22-28-19)23-21(26)27-12-17-15-7-3-1-5-13(15)14-6-2-4-8-16(14)17/h1-10,17-18H,11-12H2,(H,23,26)(H,24,25). The van der Waals surface area contributed by atoms with Crippen molar-refractivity contribution in [2.45, 2.75) is 18.4 Å². The lowest BCUT2D eigenvalue weighted by molar-refractivity contribution is -0.137. The first-order valence-corrected chi connectivity index (χ1v) is 9.64. The molecule has 1 heterocycles. The van der Waals surface area contributed by atoms with E-state index in [0.717, 1.165) is 33.8 Å². The van der Waals surface area contributed by atoms with Crippen molar-refractivity contribution < 1.29 is 19.4 Å². The molecule has 0 radical (unpaired) electrons. The summed E-state index contributed by atoms with van der Waals surface area (Å²) in [4.78, 5) is 24.2. The number of carboxylic acids is 1. The van der Waals surface area contributed by atoms with Crippen molar-refractivity contribution in [2.75, 3.05) is 6.61 Å². The Morgan fingerprint density at radius 3 is 2.29 bits per heavy atom. The van der Waals surface area contributed by atoms with Crippen LogP contribution in [0.1, 0.15) is 34.4 Å². The van der Waals surface area contributed by atoms with Crippen LogP contribution in [0.2, 0.25) is 0 Å². The number of benzene rings is 2. The SMILES string of the molecule is O=C(O)CC(NC(=O)OCC1c2ccccc2-c2ccccc21)c1ccns1. The Morgan fingerprint density at radius 2 is 1.71 bits per heavy atom. The molecule has 2 N–H and O–H groups in total. The third-order valence-electron chi connectivity index (χ3n) is 4.82. The fourth-order valence-corrected chi connectivity index (χ4v) is 4.22. The molecule has 4 rings (SSSR count). The Hall–Kier alpha value is -3.19. The molecule has 0 saturated carbocycles. The number of carbonyl (C=O) groups is 2. The normalized spacial score (nSPS) is 13.4. The maximum absolute atomic E-state index is 12.4. The first-order chi connectivity index (χ1) is 13.6. The van der Waals surface area contributed by atoms with E-state index >= 15 is 0 Å². The quantitative estimate of drug-likeness (QED) is 0.654. The second-order valence-electron chi connectivity index (χ2n) is 6.54. The molecular weight excluding hydrogens is 376 g/mol. The lowest BCUT2D eigenvalue weighted by Gasteiger charge is -2.18. The number of rotatable bonds is 6. The number of aliphatic carboxylic acids is 1. The van der Waals surface area contributed by atoms with Gasteiger partial charge in [-0.1, -0.05) is 48.5 Å². The zero-order valence-electron chi connectivity index (χ0n) is 14.9. The fraction of sp³-hybridized carbons (Fsp3) is 0.190. The molecule has 2 aromatic carbocycles. The minimum absolute atomic E-state index is 0.0421. The van der Waals surface area contributed by atoms with E-state index in [9.17, 15) is 9.59 Å². The molecule has 3 aromatic rings. The summed E-state index contributed by atoms with van der Waals surface area (Å²) in [6.45, 7) is 0.183. The Balaban J connectivity index is 1.47. The molecule has 1 amide bonds. The van der Waals surface area contributed by atoms with E-state index in [0.29, 0.717) is 4.88 Å². The summed E-state index contributed by atoms with van der Waals surface area (Å²) in [6, 6.07) is 17.2. The van der Waals surface area contributed by atoms with Crippen LogP contribution in [-0.2, 0) is 9.53 Å². The zero-order chi connectivity index (χ0) is 19.5. The van der Waals surface area contributed by atoms with Crippen LogP contribution in [0.3, 0.4) is 0 Å². The molecule has 1 aromatic heterocycles. The highest BCUT2D eigenvalue weighted by atomic mass is 32.1. The summed E-state index contributed by atoms with van der Waals surface area (Å²) >= 11 is 1.16. The lowest BCUT2D eigenvalue weighted by atomic mass is 9.98. The van der Waals surface area contributed by atoms with Gasteiger partial charge in [-0.3, -0.25) is 4.79 Å². The second-order valence-corrected chi connectivity index (χ2v) is 7.40. The molecule has 6 nitrogen and oxygen atoms in total. The highest BCUT2D eigenvalue weighted by Gasteiger charge is 2.29. The summed E-state index contributed by atoms with van der Waals surface area (Å²) in [5, 5.41) is 11.8. The minimum atomic E-state index is -1.00. The average molecular weight is 394 g/mol. The number of hydrogen-bond donors (Lipinski definition) is 2. The summed E-state index contributed by atoms with van der Waals surface area (Å²) in [5.74, 6) is -1.04. The predicted octanol–water partition coefficient (Wildman–Crippen LogP) is 4.20. The number of aromatic nitrogens is 1. The second kappa shape index (κ2) is 7.82. The monoisotopic (exact) mass is 394 g/mol. The van der Waals surface area contributed by atoms with E-state index in [1.807, 2.05) is 36.4 Å². The Labute approximate surface area is 166 Å². The number of carboxylic acid groups (broad SMARTS) is 1. The van der Waals surface area contributed by atoms with Gasteiger partial charge >= 0.3 is 12.1 Å². The Kier molecular flexibility index (Phi) is 5.08. The van der Waals surface area contributed by atoms with Crippen LogP contribution in [0.4, 0.5) is 4.79 Å². The average Bonchev–Trinajstić information content (AvgIpc) is 3.32. The van der Waals surface area contributed by atoms with E-state index in [2.05, 4.69) is 21.8 Å². The van der Waals surface area contributed by atoms with Gasteiger partial charge < -0.3 is 15.2 Å². The lowest BCUT2D eigenvalue weighted by Crippen LogP contribution is -2.31. The number of alkyl carbamates (subject to hydrolysis) is 1. The molecule has 0 fully saturated rings. The van der Waals surface area contributed by atoms with Crippen LogP contribution < -0.4 is 5.32 Å². The third kappa shape index (κ3) is 3.61. The molecule has 7 heteroatoms. The number of fused-ring (bicyclic) bond motifs is 3. The summed E-state index contributed by atoms with van der Waals surface area (Å²) in [7, 11) is 0. The first kappa shape index (κ1) is 18.2. The van der Waals surface area contributed by atoms with Crippen molar-refractivity contribution in [3.63, 3.8) is 0 Å². The van der Waals surface area contributed by atoms with Crippen molar-refractivity contribution in [1.82, 2.24) is 9.69 Å². The van der Waals surface area contributed by atoms with E-state index < -0.39 is 18.1 Å². The largest absolute Gasteiger partial charge is 0.481 e. The van der Waals surface area contributed by atoms with Crippen molar-refractivity contribution >= 4 is 23.6 Å². The van der Waals surface area contributed by atoms with E-state index in [4.69, 9.17) is 9.84 Å². The van der Waals surface area contributed by atoms with Gasteiger partial charge in [0.2, 0.25) is 0 Å². The molecule has 28 heavy (non-hydrogen) atoms. The molecule has 1 unspecified atom stereocenters. The van der Waals surface area contributed by atoms with Gasteiger partial charge in [-0.05, 0) is 39.9 Å². The van der Waals surface area contributed by atoms with Gasteiger partial charge in [0.15, 0.2) is 0 Å². The number of carbonyl (C=O) groups excluding carboxylic acids is 1. The molecule has 1 aliphatic carbocycles. The van der Waals surface area contributed by atoms with Gasteiger partial charge in [0.1, 0.15) is 6.61 Å². The number of nitrogens with zero attached hydrogens (tertiary/aromatic N) is 1. The Morgan fingerprint density at radius 1 is 1.07 bits per heavy atom. The molecule has 0 spiro atoms. The topological polar surface area (TPSA) is 88.5 Å². The van der Waals surface area contributed by atoms with Crippen LogP contribution in [0, 0.1) is 0 Å². The summed E-state index contributed by atoms with van der Waals surface area (Å²) in [6.07, 6.45) is 0.710. The van der Waals surface area contributed by atoms with E-state index in [1.165, 1.54) is 0 Å². The van der Waals surface area contributed by atoms with Gasteiger partial charge in [0, 0.05) is 17.0 Å². The van der Waals surface area contributed by atoms with Gasteiger partial charge in [-0.25, -0.2) is 9.17 Å². The molecule has 0 bridgehead atoms. The first-order valence-electron chi connectivity index (χ1n) is 8.87. The third-order valence-corrected chi connectivity index (χ3v) is 5.67. The Bertz CT molecular complexity index is 958. The number of nitrogens with one attached hydrogen (secondary N) is 1. The molecule has 0 saturated heterocycles. The molecule has 0 aliphatic heterocycles. The van der Waals surface area contributed by atoms with Crippen molar-refractivity contribution in [1.29, 1.82) is 0 Å². The number of ether oxygens (including phenoxy) is 1. The zero-order valence-corrected chi connectivity index (χ0v) is 15.7. The molecule has 1 atom stereocenters.